The Balaban J connectivity index is 1.51. The van der Waals surface area contributed by atoms with E-state index in [0.29, 0.717) is 30.2 Å². The Hall–Kier alpha value is -3.62. The van der Waals surface area contributed by atoms with E-state index < -0.39 is 35.5 Å². The van der Waals surface area contributed by atoms with Crippen molar-refractivity contribution < 1.29 is 32.7 Å². The van der Waals surface area contributed by atoms with Crippen LogP contribution in [0.15, 0.2) is 42.5 Å². The second kappa shape index (κ2) is 11.2. The van der Waals surface area contributed by atoms with E-state index in [1.165, 1.54) is 11.8 Å². The Morgan fingerprint density at radius 2 is 1.60 bits per heavy atom. The van der Waals surface area contributed by atoms with Crippen LogP contribution in [0.2, 0.25) is 0 Å². The highest BCUT2D eigenvalue weighted by molar-refractivity contribution is 6.01. The molecule has 0 bridgehead atoms. The zero-order valence-corrected chi connectivity index (χ0v) is 19.8. The fraction of sp³-hybridized carbons (Fsp3) is 0.385. The number of nitrogens with one attached hydrogen (secondary N) is 1. The molecule has 7 nitrogen and oxygen atoms in total. The number of carbonyl (C=O) groups is 4. The van der Waals surface area contributed by atoms with Gasteiger partial charge in [0.05, 0.1) is 11.5 Å². The van der Waals surface area contributed by atoms with E-state index in [2.05, 4.69) is 5.32 Å². The third kappa shape index (κ3) is 6.49. The zero-order chi connectivity index (χ0) is 25.7. The summed E-state index contributed by atoms with van der Waals surface area (Å²) < 4.78 is 32.4. The van der Waals surface area contributed by atoms with Crippen LogP contribution >= 0.6 is 0 Å². The molecular formula is C26H28F2N2O5. The lowest BCUT2D eigenvalue weighted by atomic mass is 9.96. The Labute approximate surface area is 202 Å². The summed E-state index contributed by atoms with van der Waals surface area (Å²) >= 11 is 0. The van der Waals surface area contributed by atoms with Crippen molar-refractivity contribution in [1.82, 2.24) is 4.90 Å². The summed E-state index contributed by atoms with van der Waals surface area (Å²) in [5.74, 6) is -3.98. The molecule has 1 unspecified atom stereocenters. The number of ether oxygens (including phenoxy) is 1. The van der Waals surface area contributed by atoms with E-state index in [9.17, 15) is 28.0 Å². The van der Waals surface area contributed by atoms with E-state index in [1.807, 2.05) is 0 Å². The van der Waals surface area contributed by atoms with E-state index in [1.54, 1.807) is 38.1 Å². The topological polar surface area (TPSA) is 92.8 Å². The maximum Gasteiger partial charge on any atom is 0.309 e. The van der Waals surface area contributed by atoms with Gasteiger partial charge < -0.3 is 15.0 Å². The van der Waals surface area contributed by atoms with Gasteiger partial charge in [-0.3, -0.25) is 19.2 Å². The zero-order valence-electron chi connectivity index (χ0n) is 19.8. The first-order chi connectivity index (χ1) is 16.6. The van der Waals surface area contributed by atoms with Crippen molar-refractivity contribution in [1.29, 1.82) is 0 Å². The number of hydrogen-bond acceptors (Lipinski definition) is 5. The maximum atomic E-state index is 13.9. The van der Waals surface area contributed by atoms with Gasteiger partial charge in [0.15, 0.2) is 6.10 Å². The molecule has 0 spiro atoms. The molecule has 2 aromatic rings. The molecule has 0 saturated carbocycles. The second-order valence-corrected chi connectivity index (χ2v) is 8.86. The number of carbonyl (C=O) groups excluding carboxylic acids is 4. The van der Waals surface area contributed by atoms with Crippen molar-refractivity contribution >= 4 is 29.3 Å². The highest BCUT2D eigenvalue weighted by Crippen LogP contribution is 2.23. The van der Waals surface area contributed by atoms with Crippen molar-refractivity contribution in [2.45, 2.75) is 39.7 Å². The Kier molecular flexibility index (Phi) is 8.32. The molecule has 0 radical (unpaired) electrons. The molecule has 186 valence electrons. The van der Waals surface area contributed by atoms with E-state index in [0.717, 1.165) is 12.1 Å². The fourth-order valence-electron chi connectivity index (χ4n) is 3.71. The van der Waals surface area contributed by atoms with Gasteiger partial charge in [-0.25, -0.2) is 8.78 Å². The van der Waals surface area contributed by atoms with Crippen molar-refractivity contribution in [2.75, 3.05) is 18.4 Å². The van der Waals surface area contributed by atoms with Gasteiger partial charge >= 0.3 is 5.97 Å². The van der Waals surface area contributed by atoms with Gasteiger partial charge in [-0.1, -0.05) is 13.8 Å². The molecule has 0 aromatic heterocycles. The number of ketones is 1. The minimum Gasteiger partial charge on any atom is -0.454 e. The molecule has 35 heavy (non-hydrogen) atoms. The van der Waals surface area contributed by atoms with E-state index in [-0.39, 0.29) is 36.3 Å². The molecule has 0 aliphatic carbocycles. The normalized spacial score (nSPS) is 15.0. The summed E-state index contributed by atoms with van der Waals surface area (Å²) in [6, 6.07) is 9.12. The number of piperidine rings is 1. The van der Waals surface area contributed by atoms with E-state index in [4.69, 9.17) is 4.74 Å². The van der Waals surface area contributed by atoms with Gasteiger partial charge in [-0.2, -0.15) is 0 Å². The number of likely N-dealkylation sites (tertiary alicyclic amines) is 1. The minimum absolute atomic E-state index is 0.137. The van der Waals surface area contributed by atoms with Gasteiger partial charge in [-0.05, 0) is 56.2 Å². The number of esters is 1. The van der Waals surface area contributed by atoms with Gasteiger partial charge in [0.2, 0.25) is 11.7 Å². The monoisotopic (exact) mass is 486 g/mol. The van der Waals surface area contributed by atoms with Crippen LogP contribution in [0.5, 0.6) is 0 Å². The van der Waals surface area contributed by atoms with Gasteiger partial charge in [-0.15, -0.1) is 0 Å². The maximum absolute atomic E-state index is 13.9. The number of rotatable bonds is 7. The van der Waals surface area contributed by atoms with Crippen LogP contribution in [0.1, 0.15) is 54.3 Å². The van der Waals surface area contributed by atoms with Crippen LogP contribution in [0.3, 0.4) is 0 Å². The first-order valence-corrected chi connectivity index (χ1v) is 11.5. The van der Waals surface area contributed by atoms with Crippen LogP contribution in [0, 0.1) is 23.5 Å². The highest BCUT2D eigenvalue weighted by Gasteiger charge is 2.31. The Morgan fingerprint density at radius 1 is 0.971 bits per heavy atom. The summed E-state index contributed by atoms with van der Waals surface area (Å²) in [5, 5.41) is 2.74. The number of Topliss-reactive ketones (excluding diaryl/α,β-unsaturated/α-hetero) is 1. The summed E-state index contributed by atoms with van der Waals surface area (Å²) in [7, 11) is 0. The van der Waals surface area contributed by atoms with Crippen molar-refractivity contribution in [3.05, 3.63) is 65.2 Å². The molecule has 3 rings (SSSR count). The quantitative estimate of drug-likeness (QED) is 0.467. The van der Waals surface area contributed by atoms with Crippen molar-refractivity contribution in [2.24, 2.45) is 11.8 Å². The lowest BCUT2D eigenvalue weighted by molar-refractivity contribution is -0.152. The van der Waals surface area contributed by atoms with Gasteiger partial charge in [0, 0.05) is 36.3 Å². The molecule has 2 amide bonds. The molecule has 1 N–H and O–H groups in total. The molecule has 1 heterocycles. The average Bonchev–Trinajstić information content (AvgIpc) is 2.83. The van der Waals surface area contributed by atoms with Crippen LogP contribution in [-0.4, -0.2) is 47.7 Å². The summed E-state index contributed by atoms with van der Waals surface area (Å²) in [4.78, 5) is 51.0. The number of benzene rings is 2. The first kappa shape index (κ1) is 26.0. The van der Waals surface area contributed by atoms with Gasteiger partial charge in [0.25, 0.3) is 5.91 Å². The van der Waals surface area contributed by atoms with Crippen molar-refractivity contribution in [3.63, 3.8) is 0 Å². The molecule has 1 fully saturated rings. The lowest BCUT2D eigenvalue weighted by Crippen LogP contribution is -2.41. The highest BCUT2D eigenvalue weighted by atomic mass is 19.1. The molecule has 1 aliphatic heterocycles. The number of amides is 2. The SMILES string of the molecule is CC(C)C(=O)Nc1ccc(C(=O)C(C)OC(=O)C2CCN(C(=O)c3ccc(F)cc3F)CC2)cc1. The van der Waals surface area contributed by atoms with Crippen LogP contribution in [0.25, 0.3) is 0 Å². The third-order valence-corrected chi connectivity index (χ3v) is 5.90. The Morgan fingerprint density at radius 3 is 2.17 bits per heavy atom. The largest absolute Gasteiger partial charge is 0.454 e. The first-order valence-electron chi connectivity index (χ1n) is 11.5. The molecule has 1 saturated heterocycles. The average molecular weight is 487 g/mol. The standard InChI is InChI=1S/C26H28F2N2O5/c1-15(2)24(32)29-20-7-4-17(5-8-20)23(31)16(3)35-26(34)18-10-12-30(13-11-18)25(33)21-9-6-19(27)14-22(21)28/h4-9,14-16,18H,10-13H2,1-3H3,(H,29,32). The van der Waals surface area contributed by atoms with Crippen molar-refractivity contribution in [3.8, 4) is 0 Å². The second-order valence-electron chi connectivity index (χ2n) is 8.86. The molecule has 1 aliphatic rings. The predicted octanol–water partition coefficient (Wildman–Crippen LogP) is 4.23. The third-order valence-electron chi connectivity index (χ3n) is 5.90. The lowest BCUT2D eigenvalue weighted by Gasteiger charge is -2.31. The van der Waals surface area contributed by atoms with Gasteiger partial charge in [0.1, 0.15) is 11.6 Å². The van der Waals surface area contributed by atoms with Crippen LogP contribution in [0.4, 0.5) is 14.5 Å². The summed E-state index contributed by atoms with van der Waals surface area (Å²) in [6.45, 7) is 5.46. The summed E-state index contributed by atoms with van der Waals surface area (Å²) in [5.41, 5.74) is 0.683. The van der Waals surface area contributed by atoms with E-state index >= 15 is 0 Å². The molecule has 9 heteroatoms. The van der Waals surface area contributed by atoms with Crippen LogP contribution < -0.4 is 5.32 Å². The number of hydrogen-bond donors (Lipinski definition) is 1. The number of halogens is 2. The molecule has 1 atom stereocenters. The summed E-state index contributed by atoms with van der Waals surface area (Å²) in [6.07, 6.45) is -0.400. The predicted molar refractivity (Wildman–Crippen MR) is 125 cm³/mol. The molecule has 2 aromatic carbocycles. The number of nitrogens with zero attached hydrogens (tertiary/aromatic N) is 1. The smallest absolute Gasteiger partial charge is 0.309 e. The minimum atomic E-state index is -1.01. The van der Waals surface area contributed by atoms with Crippen LogP contribution in [-0.2, 0) is 14.3 Å². The number of anilines is 1. The fourth-order valence-corrected chi connectivity index (χ4v) is 3.71. The Bertz CT molecular complexity index is 1110. The molecular weight excluding hydrogens is 458 g/mol.